The van der Waals surface area contributed by atoms with Crippen molar-refractivity contribution in [1.29, 1.82) is 0 Å². The van der Waals surface area contributed by atoms with Crippen molar-refractivity contribution < 1.29 is 22.7 Å². The third-order valence-electron chi connectivity index (χ3n) is 6.11. The van der Waals surface area contributed by atoms with E-state index in [4.69, 9.17) is 4.74 Å². The summed E-state index contributed by atoms with van der Waals surface area (Å²) in [5, 5.41) is 2.82. The van der Waals surface area contributed by atoms with Gasteiger partial charge in [0.25, 0.3) is 0 Å². The van der Waals surface area contributed by atoms with E-state index in [0.717, 1.165) is 25.7 Å². The van der Waals surface area contributed by atoms with Gasteiger partial charge in [0.15, 0.2) is 0 Å². The van der Waals surface area contributed by atoms with Gasteiger partial charge in [-0.15, -0.1) is 11.8 Å². The van der Waals surface area contributed by atoms with Crippen LogP contribution in [0, 0.1) is 0 Å². The van der Waals surface area contributed by atoms with Gasteiger partial charge in [-0.05, 0) is 44.4 Å². The summed E-state index contributed by atoms with van der Waals surface area (Å²) in [4.78, 5) is 26.7. The molecule has 8 nitrogen and oxygen atoms in total. The minimum atomic E-state index is -3.73. The molecule has 0 unspecified atom stereocenters. The van der Waals surface area contributed by atoms with E-state index < -0.39 is 16.1 Å². The van der Waals surface area contributed by atoms with Crippen molar-refractivity contribution in [2.75, 3.05) is 31.3 Å². The van der Waals surface area contributed by atoms with Gasteiger partial charge in [0.2, 0.25) is 21.8 Å². The number of amides is 2. The van der Waals surface area contributed by atoms with Crippen LogP contribution in [0.15, 0.2) is 23.1 Å². The van der Waals surface area contributed by atoms with Gasteiger partial charge in [0, 0.05) is 31.0 Å². The number of nitrogens with zero attached hydrogens (tertiary/aromatic N) is 2. The molecule has 1 aromatic carbocycles. The zero-order valence-corrected chi connectivity index (χ0v) is 18.9. The van der Waals surface area contributed by atoms with E-state index >= 15 is 0 Å². The molecule has 0 bridgehead atoms. The number of carbonyl (C=O) groups excluding carboxylic acids is 2. The first-order valence-corrected chi connectivity index (χ1v) is 12.6. The second-order valence-corrected chi connectivity index (χ2v) is 11.5. The fourth-order valence-corrected chi connectivity index (χ4v) is 7.57. The first-order valence-electron chi connectivity index (χ1n) is 10.2. The molecule has 0 aromatic heterocycles. The van der Waals surface area contributed by atoms with Gasteiger partial charge in [-0.25, -0.2) is 8.42 Å². The van der Waals surface area contributed by atoms with Gasteiger partial charge in [0.1, 0.15) is 16.7 Å². The lowest BCUT2D eigenvalue weighted by atomic mass is 10.2. The molecule has 3 heterocycles. The molecule has 0 radical (unpaired) electrons. The Morgan fingerprint density at radius 3 is 2.70 bits per heavy atom. The fraction of sp³-hybridized carbons (Fsp3) is 0.600. The fourth-order valence-electron chi connectivity index (χ4n) is 4.44. The van der Waals surface area contributed by atoms with Crippen LogP contribution in [0.2, 0.25) is 0 Å². The van der Waals surface area contributed by atoms with E-state index in [9.17, 15) is 18.0 Å². The molecule has 3 aliphatic heterocycles. The summed E-state index contributed by atoms with van der Waals surface area (Å²) in [6.07, 6.45) is 3.88. The van der Waals surface area contributed by atoms with E-state index in [2.05, 4.69) is 5.32 Å². The van der Waals surface area contributed by atoms with Gasteiger partial charge in [-0.3, -0.25) is 9.59 Å². The Hall–Kier alpha value is -1.78. The average Bonchev–Trinajstić information content (AvgIpc) is 3.24. The highest BCUT2D eigenvalue weighted by Crippen LogP contribution is 2.47. The molecular formula is C20H27N3O5S2. The molecule has 0 aliphatic carbocycles. The number of sulfonamides is 1. The minimum Gasteiger partial charge on any atom is -0.495 e. The molecule has 30 heavy (non-hydrogen) atoms. The summed E-state index contributed by atoms with van der Waals surface area (Å²) in [6.45, 7) is 2.96. The van der Waals surface area contributed by atoms with Gasteiger partial charge in [-0.2, -0.15) is 4.31 Å². The smallest absolute Gasteiger partial charge is 0.248 e. The maximum atomic E-state index is 13.2. The molecule has 0 spiro atoms. The Labute approximate surface area is 181 Å². The van der Waals surface area contributed by atoms with E-state index in [-0.39, 0.29) is 27.3 Å². The van der Waals surface area contributed by atoms with Crippen molar-refractivity contribution in [3.05, 3.63) is 18.2 Å². The normalized spacial score (nSPS) is 27.2. The molecule has 10 heteroatoms. The number of rotatable bonds is 5. The van der Waals surface area contributed by atoms with Gasteiger partial charge < -0.3 is 15.0 Å². The summed E-state index contributed by atoms with van der Waals surface area (Å²) < 4.78 is 33.1. The topological polar surface area (TPSA) is 96.0 Å². The zero-order valence-electron chi connectivity index (χ0n) is 17.2. The van der Waals surface area contributed by atoms with E-state index in [0.29, 0.717) is 31.0 Å². The summed E-state index contributed by atoms with van der Waals surface area (Å²) in [5.41, 5.74) is 0.377. The first-order chi connectivity index (χ1) is 14.3. The maximum absolute atomic E-state index is 13.2. The Morgan fingerprint density at radius 1 is 1.27 bits per heavy atom. The van der Waals surface area contributed by atoms with Gasteiger partial charge in [0.05, 0.1) is 12.0 Å². The van der Waals surface area contributed by atoms with Crippen LogP contribution < -0.4 is 10.1 Å². The van der Waals surface area contributed by atoms with Crippen LogP contribution in [0.1, 0.15) is 39.0 Å². The van der Waals surface area contributed by atoms with Gasteiger partial charge >= 0.3 is 0 Å². The van der Waals surface area contributed by atoms with Crippen LogP contribution in [0.25, 0.3) is 0 Å². The van der Waals surface area contributed by atoms with E-state index in [1.54, 1.807) is 28.8 Å². The van der Waals surface area contributed by atoms with Crippen molar-refractivity contribution >= 4 is 39.3 Å². The highest BCUT2D eigenvalue weighted by molar-refractivity contribution is 8.01. The number of hydrogen-bond donors (Lipinski definition) is 1. The molecule has 164 valence electrons. The zero-order chi connectivity index (χ0) is 21.5. The highest BCUT2D eigenvalue weighted by Gasteiger charge is 2.52. The molecule has 3 fully saturated rings. The maximum Gasteiger partial charge on any atom is 0.248 e. The van der Waals surface area contributed by atoms with Crippen molar-refractivity contribution in [1.82, 2.24) is 9.21 Å². The molecule has 0 saturated carbocycles. The van der Waals surface area contributed by atoms with Crippen LogP contribution in [0.3, 0.4) is 0 Å². The lowest BCUT2D eigenvalue weighted by molar-refractivity contribution is -0.135. The lowest BCUT2D eigenvalue weighted by Gasteiger charge is -2.30. The number of piperidine rings is 1. The molecule has 3 saturated heterocycles. The van der Waals surface area contributed by atoms with E-state index in [1.165, 1.54) is 17.5 Å². The van der Waals surface area contributed by atoms with Crippen LogP contribution in [0.4, 0.5) is 5.69 Å². The predicted molar refractivity (Wildman–Crippen MR) is 115 cm³/mol. The second-order valence-electron chi connectivity index (χ2n) is 8.09. The summed E-state index contributed by atoms with van der Waals surface area (Å²) >= 11 is 1.62. The molecule has 1 N–H and O–H groups in total. The second kappa shape index (κ2) is 8.05. The molecule has 3 aliphatic rings. The largest absolute Gasteiger partial charge is 0.495 e. The number of carbonyl (C=O) groups is 2. The van der Waals surface area contributed by atoms with Crippen LogP contribution in [-0.4, -0.2) is 66.3 Å². The predicted octanol–water partition coefficient (Wildman–Crippen LogP) is 2.26. The molecular weight excluding hydrogens is 426 g/mol. The number of thioether (sulfide) groups is 1. The number of benzene rings is 1. The van der Waals surface area contributed by atoms with E-state index in [1.807, 2.05) is 6.92 Å². The lowest BCUT2D eigenvalue weighted by Crippen LogP contribution is -2.48. The van der Waals surface area contributed by atoms with Crippen LogP contribution >= 0.6 is 11.8 Å². The van der Waals surface area contributed by atoms with Crippen molar-refractivity contribution in [2.45, 2.75) is 54.8 Å². The Balaban J connectivity index is 1.58. The Morgan fingerprint density at radius 2 is 2.00 bits per heavy atom. The first kappa shape index (κ1) is 21.5. The SMILES string of the molecule is COc1ccc(NC(=O)[C@H]2CS[C@]3(C)CCC(=O)N23)cc1S(=O)(=O)N1CCCCC1. The number of anilines is 1. The average molecular weight is 454 g/mol. The number of methoxy groups -OCH3 is 1. The van der Waals surface area contributed by atoms with Gasteiger partial charge in [-0.1, -0.05) is 6.42 Å². The monoisotopic (exact) mass is 453 g/mol. The molecule has 2 amide bonds. The molecule has 4 rings (SSSR count). The molecule has 1 aromatic rings. The van der Waals surface area contributed by atoms with Crippen LogP contribution in [-0.2, 0) is 19.6 Å². The quantitative estimate of drug-likeness (QED) is 0.735. The number of hydrogen-bond acceptors (Lipinski definition) is 6. The minimum absolute atomic E-state index is 0.00857. The Bertz CT molecular complexity index is 961. The summed E-state index contributed by atoms with van der Waals surface area (Å²) in [6, 6.07) is 4.08. The van der Waals surface area contributed by atoms with Crippen molar-refractivity contribution in [2.24, 2.45) is 0 Å². The summed E-state index contributed by atoms with van der Waals surface area (Å²) in [7, 11) is -2.30. The number of fused-ring (bicyclic) bond motifs is 1. The summed E-state index contributed by atoms with van der Waals surface area (Å²) in [5.74, 6) is 0.472. The standard InChI is InChI=1S/C20H27N3O5S2/c1-20-9-8-18(24)23(20)15(13-29-20)19(25)21-14-6-7-16(28-2)17(12-14)30(26,27)22-10-4-3-5-11-22/h6-7,12,15H,3-5,8-11,13H2,1-2H3,(H,21,25)/t15-,20-/m1/s1. The third kappa shape index (κ3) is 3.69. The molecule has 2 atom stereocenters. The third-order valence-corrected chi connectivity index (χ3v) is 9.54. The highest BCUT2D eigenvalue weighted by atomic mass is 32.2. The van der Waals surface area contributed by atoms with Crippen molar-refractivity contribution in [3.63, 3.8) is 0 Å². The van der Waals surface area contributed by atoms with Crippen molar-refractivity contribution in [3.8, 4) is 5.75 Å². The number of nitrogens with one attached hydrogen (secondary N) is 1. The number of ether oxygens (including phenoxy) is 1. The Kier molecular flexibility index (Phi) is 5.75. The van der Waals surface area contributed by atoms with Crippen LogP contribution in [0.5, 0.6) is 5.75 Å².